The molecule has 0 saturated heterocycles. The van der Waals surface area contributed by atoms with Gasteiger partial charge < -0.3 is 4.89 Å². The van der Waals surface area contributed by atoms with E-state index in [-0.39, 0.29) is 0 Å². The van der Waals surface area contributed by atoms with Gasteiger partial charge in [-0.25, -0.2) is 0 Å². The summed E-state index contributed by atoms with van der Waals surface area (Å²) in [6.45, 7) is 2.23. The van der Waals surface area contributed by atoms with E-state index in [4.69, 9.17) is 0 Å². The first-order valence-corrected chi connectivity index (χ1v) is 10.3. The molecule has 2 nitrogen and oxygen atoms in total. The van der Waals surface area contributed by atoms with Gasteiger partial charge in [0.2, 0.25) is 0 Å². The Morgan fingerprint density at radius 1 is 0.783 bits per heavy atom. The minimum atomic E-state index is -3.46. The van der Waals surface area contributed by atoms with Crippen LogP contribution in [0.1, 0.15) is 51.0 Å². The molecule has 0 fully saturated rings. The van der Waals surface area contributed by atoms with Crippen molar-refractivity contribution in [2.45, 2.75) is 51.9 Å². The van der Waals surface area contributed by atoms with Gasteiger partial charge in [0.25, 0.3) is 7.37 Å². The van der Waals surface area contributed by atoms with Crippen LogP contribution in [0.2, 0.25) is 0 Å². The molecular weight excluding hydrogens is 303 g/mol. The van der Waals surface area contributed by atoms with Crippen LogP contribution >= 0.6 is 7.37 Å². The number of benzene rings is 2. The minimum Gasteiger partial charge on any atom is -0.338 e. The fourth-order valence-corrected chi connectivity index (χ4v) is 4.18. The van der Waals surface area contributed by atoms with Gasteiger partial charge in [0.15, 0.2) is 0 Å². The summed E-state index contributed by atoms with van der Waals surface area (Å²) in [5.41, 5.74) is 1.25. The smallest absolute Gasteiger partial charge is 0.258 e. The van der Waals surface area contributed by atoms with Gasteiger partial charge in [-0.1, -0.05) is 69.4 Å². The molecule has 3 heteroatoms. The Hall–Kier alpha value is -1.37. The first kappa shape index (κ1) is 18.0. The molecule has 2 aromatic rings. The molecule has 0 aliphatic rings. The van der Waals surface area contributed by atoms with Gasteiger partial charge in [0.1, 0.15) is 0 Å². The zero-order valence-electron chi connectivity index (χ0n) is 13.9. The Balaban J connectivity index is 1.91. The van der Waals surface area contributed by atoms with E-state index < -0.39 is 7.37 Å². The summed E-state index contributed by atoms with van der Waals surface area (Å²) in [5, 5.41) is 0.999. The molecule has 1 N–H and O–H groups in total. The Morgan fingerprint density at radius 3 is 2.00 bits per heavy atom. The van der Waals surface area contributed by atoms with Crippen LogP contribution in [-0.4, -0.2) is 4.89 Å². The molecule has 2 rings (SSSR count). The van der Waals surface area contributed by atoms with E-state index >= 15 is 0 Å². The number of aryl methyl sites for hydroxylation is 1. The maximum Gasteiger partial charge on any atom is 0.258 e. The van der Waals surface area contributed by atoms with Crippen LogP contribution in [-0.2, 0) is 11.0 Å². The third-order valence-corrected chi connectivity index (χ3v) is 6.21. The number of hydrogen-bond acceptors (Lipinski definition) is 1. The van der Waals surface area contributed by atoms with Crippen LogP contribution in [0.5, 0.6) is 0 Å². The average molecular weight is 330 g/mol. The third-order valence-electron chi connectivity index (χ3n) is 4.21. The van der Waals surface area contributed by atoms with Gasteiger partial charge in [-0.05, 0) is 42.7 Å². The van der Waals surface area contributed by atoms with E-state index in [0.717, 1.165) is 6.42 Å². The standard InChI is InChI=1S/C20H27O2P/c1-2-3-4-5-6-8-11-18-14-16-20(17-15-18)23(21,22)19-12-9-7-10-13-19/h7,9-10,12-17H,2-6,8,11H2,1H3,(H,21,22). The molecule has 0 heterocycles. The predicted molar refractivity (Wildman–Crippen MR) is 99.1 cm³/mol. The predicted octanol–water partition coefficient (Wildman–Crippen LogP) is 4.81. The first-order chi connectivity index (χ1) is 11.1. The summed E-state index contributed by atoms with van der Waals surface area (Å²) in [4.78, 5) is 10.4. The number of unbranched alkanes of at least 4 members (excludes halogenated alkanes) is 5. The normalized spacial score (nSPS) is 13.7. The van der Waals surface area contributed by atoms with Crippen molar-refractivity contribution in [1.29, 1.82) is 0 Å². The molecule has 1 atom stereocenters. The molecule has 0 aliphatic heterocycles. The lowest BCUT2D eigenvalue weighted by atomic mass is 10.1. The molecule has 0 aromatic heterocycles. The molecule has 0 spiro atoms. The minimum absolute atomic E-state index is 0.490. The van der Waals surface area contributed by atoms with E-state index in [1.165, 1.54) is 44.1 Å². The zero-order chi connectivity index (χ0) is 16.5. The summed E-state index contributed by atoms with van der Waals surface area (Å²) in [6.07, 6.45) is 8.77. The van der Waals surface area contributed by atoms with E-state index in [1.807, 2.05) is 18.2 Å². The lowest BCUT2D eigenvalue weighted by Crippen LogP contribution is -2.15. The van der Waals surface area contributed by atoms with Gasteiger partial charge in [-0.2, -0.15) is 0 Å². The van der Waals surface area contributed by atoms with Crippen molar-refractivity contribution in [3.63, 3.8) is 0 Å². The second kappa shape index (κ2) is 9.05. The van der Waals surface area contributed by atoms with E-state index in [2.05, 4.69) is 6.92 Å². The van der Waals surface area contributed by atoms with E-state index in [1.54, 1.807) is 36.4 Å². The van der Waals surface area contributed by atoms with E-state index in [0.29, 0.717) is 10.6 Å². The maximum atomic E-state index is 12.6. The van der Waals surface area contributed by atoms with Gasteiger partial charge >= 0.3 is 0 Å². The van der Waals surface area contributed by atoms with Gasteiger partial charge in [-0.3, -0.25) is 4.57 Å². The van der Waals surface area contributed by atoms with Crippen molar-refractivity contribution in [3.05, 3.63) is 60.2 Å². The summed E-state index contributed by atoms with van der Waals surface area (Å²) in [6, 6.07) is 16.5. The highest BCUT2D eigenvalue weighted by Gasteiger charge is 2.23. The lowest BCUT2D eigenvalue weighted by molar-refractivity contribution is 0.501. The highest BCUT2D eigenvalue weighted by atomic mass is 31.2. The Morgan fingerprint density at radius 2 is 1.35 bits per heavy atom. The van der Waals surface area contributed by atoms with Crippen LogP contribution in [0.15, 0.2) is 54.6 Å². The monoisotopic (exact) mass is 330 g/mol. The van der Waals surface area contributed by atoms with Crippen LogP contribution in [0.4, 0.5) is 0 Å². The summed E-state index contributed by atoms with van der Waals surface area (Å²) in [7, 11) is -3.46. The molecule has 0 radical (unpaired) electrons. The molecule has 0 aliphatic carbocycles. The Kier molecular flexibility index (Phi) is 7.08. The third kappa shape index (κ3) is 5.34. The van der Waals surface area contributed by atoms with Crippen molar-refractivity contribution < 1.29 is 9.46 Å². The van der Waals surface area contributed by atoms with Gasteiger partial charge in [0.05, 0.1) is 0 Å². The van der Waals surface area contributed by atoms with Gasteiger partial charge in [0, 0.05) is 10.6 Å². The first-order valence-electron chi connectivity index (χ1n) is 8.62. The quantitative estimate of drug-likeness (QED) is 0.529. The molecule has 124 valence electrons. The Bertz CT molecular complexity index is 620. The highest BCUT2D eigenvalue weighted by molar-refractivity contribution is 7.73. The SMILES string of the molecule is CCCCCCCCc1ccc(P(=O)(O)c2ccccc2)cc1. The summed E-state index contributed by atoms with van der Waals surface area (Å²) in [5.74, 6) is 0. The second-order valence-corrected chi connectivity index (χ2v) is 8.28. The van der Waals surface area contributed by atoms with Crippen LogP contribution < -0.4 is 10.6 Å². The van der Waals surface area contributed by atoms with Crippen molar-refractivity contribution in [2.24, 2.45) is 0 Å². The van der Waals surface area contributed by atoms with Crippen LogP contribution in [0.3, 0.4) is 0 Å². The molecule has 2 aromatic carbocycles. The fourth-order valence-electron chi connectivity index (χ4n) is 2.75. The van der Waals surface area contributed by atoms with Gasteiger partial charge in [-0.15, -0.1) is 0 Å². The highest BCUT2D eigenvalue weighted by Crippen LogP contribution is 2.37. The molecule has 23 heavy (non-hydrogen) atoms. The molecule has 0 bridgehead atoms. The molecule has 1 unspecified atom stereocenters. The number of rotatable bonds is 9. The van der Waals surface area contributed by atoms with Crippen molar-refractivity contribution in [2.75, 3.05) is 0 Å². The van der Waals surface area contributed by atoms with Crippen LogP contribution in [0.25, 0.3) is 0 Å². The van der Waals surface area contributed by atoms with E-state index in [9.17, 15) is 9.46 Å². The maximum absolute atomic E-state index is 12.6. The lowest BCUT2D eigenvalue weighted by Gasteiger charge is -2.12. The molecule has 0 amide bonds. The van der Waals surface area contributed by atoms with Crippen LogP contribution in [0, 0.1) is 0 Å². The topological polar surface area (TPSA) is 37.3 Å². The summed E-state index contributed by atoms with van der Waals surface area (Å²) < 4.78 is 12.6. The van der Waals surface area contributed by atoms with Crippen molar-refractivity contribution in [1.82, 2.24) is 0 Å². The average Bonchev–Trinajstić information content (AvgIpc) is 2.59. The summed E-state index contributed by atoms with van der Waals surface area (Å²) >= 11 is 0. The van der Waals surface area contributed by atoms with Crippen molar-refractivity contribution in [3.8, 4) is 0 Å². The number of hydrogen-bond donors (Lipinski definition) is 1. The second-order valence-electron chi connectivity index (χ2n) is 6.10. The van der Waals surface area contributed by atoms with Crippen molar-refractivity contribution >= 4 is 18.0 Å². The molecule has 0 saturated carbocycles. The fraction of sp³-hybridized carbons (Fsp3) is 0.400. The Labute approximate surface area is 140 Å². The largest absolute Gasteiger partial charge is 0.338 e. The zero-order valence-corrected chi connectivity index (χ0v) is 14.8. The molecular formula is C20H27O2P.